The van der Waals surface area contributed by atoms with Crippen LogP contribution in [0.3, 0.4) is 0 Å². The number of hydrogen-bond acceptors (Lipinski definition) is 2. The van der Waals surface area contributed by atoms with Gasteiger partial charge in [-0.25, -0.2) is 0 Å². The molecule has 0 aliphatic heterocycles. The fourth-order valence-corrected chi connectivity index (χ4v) is 1.91. The smallest absolute Gasteiger partial charge is 1.00 e. The second kappa shape index (κ2) is 19.6. The summed E-state index contributed by atoms with van der Waals surface area (Å²) in [6, 6.07) is 0. The fourth-order valence-electron chi connectivity index (χ4n) is 1.91. The molecular formula is C14H34MgO4S. The Balaban J connectivity index is -0.000000105. The van der Waals surface area contributed by atoms with Crippen LogP contribution in [0.15, 0.2) is 0 Å². The van der Waals surface area contributed by atoms with Crippen LogP contribution < -0.4 is 0 Å². The van der Waals surface area contributed by atoms with E-state index in [9.17, 15) is 0 Å². The Morgan fingerprint density at radius 2 is 0.800 bits per heavy atom. The Morgan fingerprint density at radius 1 is 0.650 bits per heavy atom. The van der Waals surface area contributed by atoms with Crippen molar-refractivity contribution in [1.29, 1.82) is 0 Å². The van der Waals surface area contributed by atoms with Gasteiger partial charge in [0.05, 0.1) is 0 Å². The Bertz CT molecular complexity index is 246. The zero-order chi connectivity index (χ0) is 15.0. The summed E-state index contributed by atoms with van der Waals surface area (Å²) in [5, 5.41) is 0. The molecule has 0 spiro atoms. The predicted octanol–water partition coefficient (Wildman–Crippen LogP) is 4.90. The summed E-state index contributed by atoms with van der Waals surface area (Å²) >= 11 is 0. The van der Waals surface area contributed by atoms with E-state index in [2.05, 4.69) is 13.8 Å². The van der Waals surface area contributed by atoms with Crippen molar-refractivity contribution in [2.75, 3.05) is 0 Å². The monoisotopic (exact) mass is 322 g/mol. The van der Waals surface area contributed by atoms with Crippen molar-refractivity contribution in [2.45, 2.75) is 90.9 Å². The third kappa shape index (κ3) is 42.8. The first-order valence-electron chi connectivity index (χ1n) is 7.61. The first-order valence-corrected chi connectivity index (χ1v) is 9.01. The van der Waals surface area contributed by atoms with Gasteiger partial charge in [-0.3, -0.25) is 9.11 Å². The van der Waals surface area contributed by atoms with Gasteiger partial charge in [-0.2, -0.15) is 8.42 Å². The van der Waals surface area contributed by atoms with Crippen LogP contribution in [-0.4, -0.2) is 40.6 Å². The molecule has 20 heavy (non-hydrogen) atoms. The van der Waals surface area contributed by atoms with Gasteiger partial charge in [0.2, 0.25) is 0 Å². The maximum Gasteiger partial charge on any atom is 2.00 e. The molecule has 0 bridgehead atoms. The summed E-state index contributed by atoms with van der Waals surface area (Å²) < 4.78 is 31.6. The first kappa shape index (κ1) is 25.6. The molecule has 0 atom stereocenters. The van der Waals surface area contributed by atoms with Gasteiger partial charge in [-0.05, 0) is 0 Å². The number of unbranched alkanes of at least 4 members (excludes halogenated alkanes) is 11. The second-order valence-corrected chi connectivity index (χ2v) is 5.88. The van der Waals surface area contributed by atoms with E-state index in [1.807, 2.05) is 0 Å². The molecule has 0 aromatic heterocycles. The van der Waals surface area contributed by atoms with Gasteiger partial charge in [0, 0.05) is 0 Å². The molecule has 0 fully saturated rings. The van der Waals surface area contributed by atoms with Crippen LogP contribution in [0.2, 0.25) is 0 Å². The SMILES string of the molecule is CCCCCCCCCCCCCC.O=S(=O)(O)O.[H-].[H-].[Mg+2]. The molecule has 0 aliphatic rings. The van der Waals surface area contributed by atoms with E-state index in [0.717, 1.165) is 0 Å². The molecular weight excluding hydrogens is 289 g/mol. The first-order chi connectivity index (χ1) is 8.91. The van der Waals surface area contributed by atoms with Crippen LogP contribution in [-0.2, 0) is 10.4 Å². The summed E-state index contributed by atoms with van der Waals surface area (Å²) in [6.07, 6.45) is 17.4. The predicted molar refractivity (Wildman–Crippen MR) is 88.9 cm³/mol. The van der Waals surface area contributed by atoms with Crippen LogP contribution in [0.1, 0.15) is 93.8 Å². The van der Waals surface area contributed by atoms with Crippen molar-refractivity contribution in [1.82, 2.24) is 0 Å². The Morgan fingerprint density at radius 3 is 0.950 bits per heavy atom. The third-order valence-corrected chi connectivity index (χ3v) is 2.96. The standard InChI is InChI=1S/C14H30.Mg.H2O4S.2H/c1-3-5-7-9-11-13-14-12-10-8-6-4-2;;1-5(2,3)4;;/h3-14H2,1-2H3;;(H2,1,2,3,4);;/q;+2;;2*-1. The van der Waals surface area contributed by atoms with E-state index in [1.165, 1.54) is 77.0 Å². The molecule has 0 saturated carbocycles. The molecule has 4 nitrogen and oxygen atoms in total. The van der Waals surface area contributed by atoms with Crippen molar-refractivity contribution in [2.24, 2.45) is 0 Å². The van der Waals surface area contributed by atoms with E-state index in [1.54, 1.807) is 0 Å². The average Bonchev–Trinajstić information content (AvgIpc) is 2.29. The van der Waals surface area contributed by atoms with Crippen molar-refractivity contribution >= 4 is 33.5 Å². The van der Waals surface area contributed by atoms with Crippen molar-refractivity contribution in [3.8, 4) is 0 Å². The molecule has 0 aliphatic carbocycles. The summed E-state index contributed by atoms with van der Waals surface area (Å²) in [5.74, 6) is 0. The van der Waals surface area contributed by atoms with E-state index in [-0.39, 0.29) is 25.9 Å². The maximum atomic E-state index is 8.74. The van der Waals surface area contributed by atoms with Gasteiger partial charge < -0.3 is 2.85 Å². The molecule has 0 radical (unpaired) electrons. The van der Waals surface area contributed by atoms with Crippen molar-refractivity contribution < 1.29 is 20.4 Å². The van der Waals surface area contributed by atoms with E-state index in [4.69, 9.17) is 17.5 Å². The van der Waals surface area contributed by atoms with Crippen LogP contribution in [0.25, 0.3) is 0 Å². The van der Waals surface area contributed by atoms with Gasteiger partial charge >= 0.3 is 33.5 Å². The zero-order valence-corrected chi connectivity index (χ0v) is 15.5. The van der Waals surface area contributed by atoms with Crippen LogP contribution >= 0.6 is 0 Å². The minimum atomic E-state index is -4.67. The summed E-state index contributed by atoms with van der Waals surface area (Å²) in [7, 11) is -4.67. The average molecular weight is 323 g/mol. The van der Waals surface area contributed by atoms with Crippen molar-refractivity contribution in [3.63, 3.8) is 0 Å². The minimum absolute atomic E-state index is 0. The normalized spacial score (nSPS) is 10.4. The molecule has 0 aromatic carbocycles. The van der Waals surface area contributed by atoms with Crippen LogP contribution in [0.5, 0.6) is 0 Å². The van der Waals surface area contributed by atoms with E-state index < -0.39 is 10.4 Å². The second-order valence-electron chi connectivity index (χ2n) is 4.98. The van der Waals surface area contributed by atoms with E-state index in [0.29, 0.717) is 0 Å². The summed E-state index contributed by atoms with van der Waals surface area (Å²) in [6.45, 7) is 4.57. The quantitative estimate of drug-likeness (QED) is 0.322. The van der Waals surface area contributed by atoms with Crippen LogP contribution in [0, 0.1) is 0 Å². The largest absolute Gasteiger partial charge is 2.00 e. The van der Waals surface area contributed by atoms with Gasteiger partial charge in [0.15, 0.2) is 0 Å². The topological polar surface area (TPSA) is 74.6 Å². The Hall–Kier alpha value is 0.636. The van der Waals surface area contributed by atoms with Crippen LogP contribution in [0.4, 0.5) is 0 Å². The minimum Gasteiger partial charge on any atom is -1.00 e. The molecule has 0 aromatic rings. The molecule has 0 unspecified atom stereocenters. The molecule has 0 amide bonds. The Labute approximate surface area is 144 Å². The van der Waals surface area contributed by atoms with Gasteiger partial charge in [0.25, 0.3) is 0 Å². The third-order valence-electron chi connectivity index (χ3n) is 2.96. The molecule has 0 heterocycles. The van der Waals surface area contributed by atoms with Gasteiger partial charge in [-0.1, -0.05) is 90.9 Å². The summed E-state index contributed by atoms with van der Waals surface area (Å²) in [5.41, 5.74) is 0. The molecule has 6 heteroatoms. The van der Waals surface area contributed by atoms with Crippen molar-refractivity contribution in [3.05, 3.63) is 0 Å². The van der Waals surface area contributed by atoms with Gasteiger partial charge in [-0.15, -0.1) is 0 Å². The molecule has 0 rings (SSSR count). The van der Waals surface area contributed by atoms with Gasteiger partial charge in [0.1, 0.15) is 0 Å². The molecule has 0 saturated heterocycles. The van der Waals surface area contributed by atoms with E-state index >= 15 is 0 Å². The molecule has 2 N–H and O–H groups in total. The summed E-state index contributed by atoms with van der Waals surface area (Å²) in [4.78, 5) is 0. The zero-order valence-electron chi connectivity index (χ0n) is 15.3. The Kier molecular flexibility index (Phi) is 25.1. The number of hydrogen-bond donors (Lipinski definition) is 2. The number of rotatable bonds is 11. The maximum absolute atomic E-state index is 8.74. The molecule has 122 valence electrons. The fraction of sp³-hybridized carbons (Fsp3) is 1.00.